The van der Waals surface area contributed by atoms with E-state index in [-0.39, 0.29) is 39.3 Å². The fourth-order valence-electron chi connectivity index (χ4n) is 1.75. The minimum absolute atomic E-state index is 0. The van der Waals surface area contributed by atoms with Gasteiger partial charge in [0.05, 0.1) is 6.61 Å². The maximum Gasteiger partial charge on any atom is 0.397 e. The van der Waals surface area contributed by atoms with Crippen molar-refractivity contribution in [2.45, 2.75) is 71.1 Å². The first kappa shape index (κ1) is 21.3. The quantitative estimate of drug-likeness (QED) is 0.428. The second kappa shape index (κ2) is 14.4. The third-order valence-electron chi connectivity index (χ3n) is 2.73. The van der Waals surface area contributed by atoms with Crippen LogP contribution in [0, 0.1) is 0 Å². The molecule has 18 heavy (non-hydrogen) atoms. The zero-order valence-electron chi connectivity index (χ0n) is 11.4. The molecule has 0 atom stereocenters. The molecule has 0 aliphatic heterocycles. The molecule has 0 fully saturated rings. The molecule has 107 valence electrons. The van der Waals surface area contributed by atoms with E-state index in [1.54, 1.807) is 0 Å². The Labute approximate surface area is 137 Å². The first-order valence-corrected chi connectivity index (χ1v) is 8.04. The van der Waals surface area contributed by atoms with Gasteiger partial charge in [0.2, 0.25) is 0 Å². The molecule has 0 unspecified atom stereocenters. The van der Waals surface area contributed by atoms with Gasteiger partial charge in [-0.3, -0.25) is 4.55 Å². The molecule has 0 heterocycles. The SMILES string of the molecule is CCCCCCCCCCCCOS(=O)(=O)O.[Y]. The molecule has 0 bridgehead atoms. The van der Waals surface area contributed by atoms with E-state index in [2.05, 4.69) is 11.1 Å². The van der Waals surface area contributed by atoms with Crippen molar-refractivity contribution in [3.63, 3.8) is 0 Å². The molecule has 0 spiro atoms. The Hall–Kier alpha value is 0.974. The van der Waals surface area contributed by atoms with E-state index >= 15 is 0 Å². The second-order valence-electron chi connectivity index (χ2n) is 4.43. The first-order valence-electron chi connectivity index (χ1n) is 6.68. The smallest absolute Gasteiger partial charge is 0.264 e. The van der Waals surface area contributed by atoms with Crippen LogP contribution < -0.4 is 0 Å². The van der Waals surface area contributed by atoms with Crippen molar-refractivity contribution < 1.29 is 49.9 Å². The number of hydrogen-bond acceptors (Lipinski definition) is 3. The van der Waals surface area contributed by atoms with E-state index in [0.717, 1.165) is 12.8 Å². The molecule has 0 saturated carbocycles. The Kier molecular flexibility index (Phi) is 17.0. The van der Waals surface area contributed by atoms with Crippen molar-refractivity contribution in [3.8, 4) is 0 Å². The van der Waals surface area contributed by atoms with Crippen LogP contribution in [0.2, 0.25) is 0 Å². The number of rotatable bonds is 12. The minimum Gasteiger partial charge on any atom is -0.264 e. The van der Waals surface area contributed by atoms with Crippen LogP contribution in [0.15, 0.2) is 0 Å². The van der Waals surface area contributed by atoms with Crippen molar-refractivity contribution in [1.29, 1.82) is 0 Å². The summed E-state index contributed by atoms with van der Waals surface area (Å²) in [5, 5.41) is 0. The maximum atomic E-state index is 10.2. The van der Waals surface area contributed by atoms with Crippen molar-refractivity contribution >= 4 is 10.4 Å². The van der Waals surface area contributed by atoms with Gasteiger partial charge in [0, 0.05) is 32.7 Å². The Bertz CT molecular complexity index is 255. The van der Waals surface area contributed by atoms with E-state index in [0.29, 0.717) is 6.42 Å². The molecule has 4 nitrogen and oxygen atoms in total. The van der Waals surface area contributed by atoms with Crippen LogP contribution in [-0.4, -0.2) is 19.6 Å². The van der Waals surface area contributed by atoms with Gasteiger partial charge in [0.1, 0.15) is 0 Å². The van der Waals surface area contributed by atoms with Crippen LogP contribution in [0.5, 0.6) is 0 Å². The summed E-state index contributed by atoms with van der Waals surface area (Å²) in [6, 6.07) is 0. The van der Waals surface area contributed by atoms with E-state index in [9.17, 15) is 8.42 Å². The molecular formula is C12H26O4SY. The molecular weight excluding hydrogens is 329 g/mol. The summed E-state index contributed by atoms with van der Waals surface area (Å²) in [6.07, 6.45) is 11.9. The molecule has 0 aromatic carbocycles. The van der Waals surface area contributed by atoms with E-state index < -0.39 is 10.4 Å². The third-order valence-corrected chi connectivity index (χ3v) is 3.19. The minimum atomic E-state index is -4.23. The zero-order valence-corrected chi connectivity index (χ0v) is 15.1. The Morgan fingerprint density at radius 1 is 0.833 bits per heavy atom. The Morgan fingerprint density at radius 3 is 1.61 bits per heavy atom. The molecule has 0 aliphatic carbocycles. The maximum absolute atomic E-state index is 10.2. The van der Waals surface area contributed by atoms with Crippen LogP contribution in [0.3, 0.4) is 0 Å². The summed E-state index contributed by atoms with van der Waals surface area (Å²) in [5.41, 5.74) is 0. The molecule has 1 radical (unpaired) electrons. The molecule has 6 heteroatoms. The topological polar surface area (TPSA) is 63.6 Å². The van der Waals surface area contributed by atoms with Crippen LogP contribution in [0.4, 0.5) is 0 Å². The summed E-state index contributed by atoms with van der Waals surface area (Å²) >= 11 is 0. The average molecular weight is 355 g/mol. The Balaban J connectivity index is 0. The average Bonchev–Trinajstić information content (AvgIpc) is 2.24. The van der Waals surface area contributed by atoms with Gasteiger partial charge in [0.25, 0.3) is 0 Å². The third kappa shape index (κ3) is 19.3. The monoisotopic (exact) mass is 355 g/mol. The zero-order chi connectivity index (χ0) is 13.0. The standard InChI is InChI=1S/C12H26O4S.Y/c1-2-3-4-5-6-7-8-9-10-11-12-16-17(13,14)15;/h2-12H2,1H3,(H,13,14,15);. The van der Waals surface area contributed by atoms with E-state index in [4.69, 9.17) is 4.55 Å². The predicted octanol–water partition coefficient (Wildman–Crippen LogP) is 3.72. The van der Waals surface area contributed by atoms with Gasteiger partial charge in [-0.1, -0.05) is 64.7 Å². The van der Waals surface area contributed by atoms with Gasteiger partial charge in [-0.2, -0.15) is 8.42 Å². The normalized spacial score (nSPS) is 11.2. The molecule has 0 saturated heterocycles. The van der Waals surface area contributed by atoms with Crippen LogP contribution in [0.1, 0.15) is 71.1 Å². The fraction of sp³-hybridized carbons (Fsp3) is 1.00. The number of unbranched alkanes of at least 4 members (excludes halogenated alkanes) is 9. The first-order chi connectivity index (χ1) is 8.06. The van der Waals surface area contributed by atoms with Gasteiger partial charge in [-0.15, -0.1) is 0 Å². The summed E-state index contributed by atoms with van der Waals surface area (Å²) in [6.45, 7) is 2.31. The van der Waals surface area contributed by atoms with Crippen molar-refractivity contribution in [2.24, 2.45) is 0 Å². The predicted molar refractivity (Wildman–Crippen MR) is 69.3 cm³/mol. The van der Waals surface area contributed by atoms with Crippen molar-refractivity contribution in [3.05, 3.63) is 0 Å². The van der Waals surface area contributed by atoms with Gasteiger partial charge in [0.15, 0.2) is 0 Å². The van der Waals surface area contributed by atoms with Gasteiger partial charge < -0.3 is 0 Å². The van der Waals surface area contributed by atoms with E-state index in [1.165, 1.54) is 44.9 Å². The van der Waals surface area contributed by atoms with Gasteiger partial charge in [-0.25, -0.2) is 4.18 Å². The summed E-state index contributed by atoms with van der Waals surface area (Å²) in [5.74, 6) is 0. The largest absolute Gasteiger partial charge is 0.397 e. The van der Waals surface area contributed by atoms with Crippen molar-refractivity contribution in [1.82, 2.24) is 0 Å². The molecule has 0 aliphatic rings. The molecule has 0 aromatic heterocycles. The van der Waals surface area contributed by atoms with Crippen LogP contribution >= 0.6 is 0 Å². The Morgan fingerprint density at radius 2 is 1.22 bits per heavy atom. The molecule has 0 aromatic rings. The van der Waals surface area contributed by atoms with Crippen LogP contribution in [-0.2, 0) is 47.3 Å². The summed E-state index contributed by atoms with van der Waals surface area (Å²) < 4.78 is 33.0. The van der Waals surface area contributed by atoms with Crippen molar-refractivity contribution in [2.75, 3.05) is 6.61 Å². The van der Waals surface area contributed by atoms with Gasteiger partial charge in [-0.05, 0) is 6.42 Å². The fourth-order valence-corrected chi connectivity index (χ4v) is 2.08. The summed E-state index contributed by atoms with van der Waals surface area (Å²) in [4.78, 5) is 0. The molecule has 1 N–H and O–H groups in total. The van der Waals surface area contributed by atoms with Crippen LogP contribution in [0.25, 0.3) is 0 Å². The number of hydrogen-bond donors (Lipinski definition) is 1. The second-order valence-corrected chi connectivity index (χ2v) is 5.52. The van der Waals surface area contributed by atoms with Gasteiger partial charge >= 0.3 is 10.4 Å². The van der Waals surface area contributed by atoms with E-state index in [1.807, 2.05) is 0 Å². The summed E-state index contributed by atoms with van der Waals surface area (Å²) in [7, 11) is -4.23. The molecule has 0 rings (SSSR count). The molecule has 0 amide bonds.